The van der Waals surface area contributed by atoms with Crippen LogP contribution in [0.2, 0.25) is 0 Å². The van der Waals surface area contributed by atoms with E-state index in [0.29, 0.717) is 0 Å². The SMILES string of the molecule is CSc1ccc(Sc2ccc(/C=C/C3=CC(=C(C#N)C#N)CC(C)(C)C3)cc2)cc1. The van der Waals surface area contributed by atoms with Crippen molar-refractivity contribution in [2.75, 3.05) is 6.26 Å². The van der Waals surface area contributed by atoms with Gasteiger partial charge in [0.05, 0.1) is 0 Å². The fraction of sp³-hybridized carbons (Fsp3) is 0.231. The number of nitrogens with zero attached hydrogens (tertiary/aromatic N) is 2. The summed E-state index contributed by atoms with van der Waals surface area (Å²) in [5.74, 6) is 0. The van der Waals surface area contributed by atoms with Gasteiger partial charge >= 0.3 is 0 Å². The minimum Gasteiger partial charge on any atom is -0.192 e. The molecule has 0 aromatic heterocycles. The van der Waals surface area contributed by atoms with Gasteiger partial charge in [0.2, 0.25) is 0 Å². The maximum absolute atomic E-state index is 9.22. The second-order valence-electron chi connectivity index (χ2n) is 8.04. The molecule has 0 saturated heterocycles. The van der Waals surface area contributed by atoms with Crippen molar-refractivity contribution in [3.05, 3.63) is 83.0 Å². The van der Waals surface area contributed by atoms with Gasteiger partial charge in [-0.1, -0.05) is 56.0 Å². The molecule has 150 valence electrons. The highest BCUT2D eigenvalue weighted by molar-refractivity contribution is 7.99. The third-order valence-corrected chi connectivity index (χ3v) is 6.68. The lowest BCUT2D eigenvalue weighted by Gasteiger charge is -2.30. The predicted octanol–water partition coefficient (Wildman–Crippen LogP) is 7.66. The molecule has 0 spiro atoms. The number of hydrogen-bond acceptors (Lipinski definition) is 4. The first-order valence-electron chi connectivity index (χ1n) is 9.76. The summed E-state index contributed by atoms with van der Waals surface area (Å²) < 4.78 is 0. The van der Waals surface area contributed by atoms with Crippen LogP contribution >= 0.6 is 23.5 Å². The van der Waals surface area contributed by atoms with E-state index in [0.717, 1.165) is 29.6 Å². The van der Waals surface area contributed by atoms with Crippen LogP contribution in [0, 0.1) is 28.1 Å². The Hall–Kier alpha value is -2.66. The summed E-state index contributed by atoms with van der Waals surface area (Å²) in [7, 11) is 0. The minimum atomic E-state index is 0.0367. The van der Waals surface area contributed by atoms with Crippen LogP contribution in [-0.2, 0) is 0 Å². The van der Waals surface area contributed by atoms with E-state index in [-0.39, 0.29) is 11.0 Å². The van der Waals surface area contributed by atoms with E-state index < -0.39 is 0 Å². The van der Waals surface area contributed by atoms with Crippen molar-refractivity contribution in [1.29, 1.82) is 10.5 Å². The molecule has 2 nitrogen and oxygen atoms in total. The molecule has 0 radical (unpaired) electrons. The Morgan fingerprint density at radius 3 is 2.00 bits per heavy atom. The molecule has 0 amide bonds. The predicted molar refractivity (Wildman–Crippen MR) is 127 cm³/mol. The fourth-order valence-corrected chi connectivity index (χ4v) is 4.75. The molecule has 30 heavy (non-hydrogen) atoms. The van der Waals surface area contributed by atoms with Crippen LogP contribution < -0.4 is 0 Å². The van der Waals surface area contributed by atoms with Crippen LogP contribution in [0.25, 0.3) is 6.08 Å². The first-order valence-corrected chi connectivity index (χ1v) is 11.8. The molecular weight excluding hydrogens is 404 g/mol. The summed E-state index contributed by atoms with van der Waals surface area (Å²) in [6.45, 7) is 4.36. The number of nitriles is 2. The zero-order chi connectivity index (χ0) is 21.6. The average molecular weight is 429 g/mol. The Labute approximate surface area is 188 Å². The summed E-state index contributed by atoms with van der Waals surface area (Å²) in [5.41, 5.74) is 3.38. The van der Waals surface area contributed by atoms with Crippen molar-refractivity contribution in [2.45, 2.75) is 41.4 Å². The van der Waals surface area contributed by atoms with Gasteiger partial charge in [0.15, 0.2) is 0 Å². The van der Waals surface area contributed by atoms with Gasteiger partial charge in [-0.2, -0.15) is 10.5 Å². The number of benzene rings is 2. The Morgan fingerprint density at radius 2 is 1.43 bits per heavy atom. The molecule has 2 aromatic carbocycles. The van der Waals surface area contributed by atoms with Gasteiger partial charge in [-0.25, -0.2) is 0 Å². The largest absolute Gasteiger partial charge is 0.192 e. The van der Waals surface area contributed by atoms with E-state index in [4.69, 9.17) is 0 Å². The van der Waals surface area contributed by atoms with E-state index in [9.17, 15) is 10.5 Å². The Kier molecular flexibility index (Phi) is 7.27. The van der Waals surface area contributed by atoms with Gasteiger partial charge < -0.3 is 0 Å². The lowest BCUT2D eigenvalue weighted by Crippen LogP contribution is -2.17. The van der Waals surface area contributed by atoms with Crippen LogP contribution in [0.1, 0.15) is 32.3 Å². The van der Waals surface area contributed by atoms with Gasteiger partial charge in [0, 0.05) is 14.7 Å². The van der Waals surface area contributed by atoms with Crippen molar-refractivity contribution in [3.8, 4) is 12.1 Å². The molecule has 0 fully saturated rings. The molecule has 4 heteroatoms. The van der Waals surface area contributed by atoms with Crippen LogP contribution in [0.15, 0.2) is 92.1 Å². The molecule has 0 bridgehead atoms. The van der Waals surface area contributed by atoms with Crippen molar-refractivity contribution in [3.63, 3.8) is 0 Å². The number of hydrogen-bond donors (Lipinski definition) is 0. The summed E-state index contributed by atoms with van der Waals surface area (Å²) in [4.78, 5) is 3.71. The summed E-state index contributed by atoms with van der Waals surface area (Å²) in [6, 6.07) is 21.2. The van der Waals surface area contributed by atoms with Crippen molar-refractivity contribution in [2.24, 2.45) is 5.41 Å². The maximum atomic E-state index is 9.22. The van der Waals surface area contributed by atoms with Gasteiger partial charge in [0.1, 0.15) is 17.7 Å². The van der Waals surface area contributed by atoms with E-state index in [1.54, 1.807) is 23.5 Å². The Balaban J connectivity index is 1.73. The molecule has 0 aliphatic heterocycles. The van der Waals surface area contributed by atoms with Crippen LogP contribution in [0.3, 0.4) is 0 Å². The van der Waals surface area contributed by atoms with Gasteiger partial charge in [0.25, 0.3) is 0 Å². The van der Waals surface area contributed by atoms with Crippen LogP contribution in [-0.4, -0.2) is 6.26 Å². The first kappa shape index (κ1) is 22.0. The summed E-state index contributed by atoms with van der Waals surface area (Å²) in [5, 5.41) is 18.4. The zero-order valence-electron chi connectivity index (χ0n) is 17.5. The zero-order valence-corrected chi connectivity index (χ0v) is 19.1. The minimum absolute atomic E-state index is 0.0367. The average Bonchev–Trinajstić information content (AvgIpc) is 2.74. The molecule has 0 heterocycles. The van der Waals surface area contributed by atoms with E-state index in [1.165, 1.54) is 14.7 Å². The molecule has 0 saturated carbocycles. The van der Waals surface area contributed by atoms with Crippen molar-refractivity contribution < 1.29 is 0 Å². The highest BCUT2D eigenvalue weighted by atomic mass is 32.2. The lowest BCUT2D eigenvalue weighted by atomic mass is 9.74. The highest BCUT2D eigenvalue weighted by Crippen LogP contribution is 2.39. The molecule has 1 aliphatic rings. The standard InChI is InChI=1S/C26H24N2S2/c1-26(2)15-20(14-21(16-26)22(17-27)18-28)5-4-19-6-8-24(9-7-19)30-25-12-10-23(29-3)11-13-25/h4-14H,15-16H2,1-3H3/b5-4+. The quantitative estimate of drug-likeness (QED) is 0.362. The number of thioether (sulfide) groups is 1. The molecule has 2 aromatic rings. The normalized spacial score (nSPS) is 15.4. The van der Waals surface area contributed by atoms with Crippen LogP contribution in [0.4, 0.5) is 0 Å². The monoisotopic (exact) mass is 428 g/mol. The molecule has 0 unspecified atom stereocenters. The van der Waals surface area contributed by atoms with E-state index in [1.807, 2.05) is 18.2 Å². The summed E-state index contributed by atoms with van der Waals surface area (Å²) >= 11 is 3.51. The molecule has 3 rings (SSSR count). The Bertz CT molecular complexity index is 1060. The molecular formula is C26H24N2S2. The van der Waals surface area contributed by atoms with Gasteiger partial charge in [-0.05, 0) is 77.6 Å². The maximum Gasteiger partial charge on any atom is 0.132 e. The van der Waals surface area contributed by atoms with E-state index >= 15 is 0 Å². The van der Waals surface area contributed by atoms with Gasteiger partial charge in [-0.15, -0.1) is 11.8 Å². The Morgan fingerprint density at radius 1 is 0.867 bits per heavy atom. The van der Waals surface area contributed by atoms with E-state index in [2.05, 4.69) is 80.8 Å². The lowest BCUT2D eigenvalue weighted by molar-refractivity contribution is 0.354. The van der Waals surface area contributed by atoms with Crippen molar-refractivity contribution >= 4 is 29.6 Å². The number of rotatable bonds is 5. The number of allylic oxidation sites excluding steroid dienone is 5. The smallest absolute Gasteiger partial charge is 0.132 e. The molecule has 1 aliphatic carbocycles. The summed E-state index contributed by atoms with van der Waals surface area (Å²) in [6.07, 6.45) is 9.98. The molecule has 0 atom stereocenters. The second kappa shape index (κ2) is 9.90. The first-order chi connectivity index (χ1) is 14.4. The van der Waals surface area contributed by atoms with Crippen LogP contribution in [0.5, 0.6) is 0 Å². The van der Waals surface area contributed by atoms with Gasteiger partial charge in [-0.3, -0.25) is 0 Å². The molecule has 0 N–H and O–H groups in total. The second-order valence-corrected chi connectivity index (χ2v) is 10.1. The highest BCUT2D eigenvalue weighted by Gasteiger charge is 2.26. The van der Waals surface area contributed by atoms with Crippen molar-refractivity contribution in [1.82, 2.24) is 0 Å². The fourth-order valence-electron chi connectivity index (χ4n) is 3.52. The third-order valence-electron chi connectivity index (χ3n) is 4.92. The third kappa shape index (κ3) is 5.92. The topological polar surface area (TPSA) is 47.6 Å².